The third kappa shape index (κ3) is 4.87. The van der Waals surface area contributed by atoms with Gasteiger partial charge in [0.1, 0.15) is 30.4 Å². The molecule has 0 radical (unpaired) electrons. The molecule has 0 saturated carbocycles. The SMILES string of the molecule is CCCCc1cn(C[C@H]2O[C@@H](n3cnc4c(NCc5ccc(OC)cc5)ncnc43)[C@H](O)[C@@H]2O)nn1. The molecule has 1 fully saturated rings. The van der Waals surface area contributed by atoms with E-state index in [0.29, 0.717) is 23.5 Å². The van der Waals surface area contributed by atoms with E-state index in [1.807, 2.05) is 30.5 Å². The van der Waals surface area contributed by atoms with Crippen LogP contribution in [-0.2, 0) is 24.2 Å². The van der Waals surface area contributed by atoms with Crippen LogP contribution < -0.4 is 10.1 Å². The zero-order chi connectivity index (χ0) is 25.1. The highest BCUT2D eigenvalue weighted by Gasteiger charge is 2.44. The number of nitrogens with zero attached hydrogens (tertiary/aromatic N) is 7. The second-order valence-corrected chi connectivity index (χ2v) is 8.83. The van der Waals surface area contributed by atoms with Crippen LogP contribution >= 0.6 is 0 Å². The summed E-state index contributed by atoms with van der Waals surface area (Å²) in [5.74, 6) is 1.35. The molecule has 3 aromatic heterocycles. The molecule has 190 valence electrons. The van der Waals surface area contributed by atoms with Gasteiger partial charge in [0.05, 0.1) is 25.7 Å². The van der Waals surface area contributed by atoms with Crippen molar-refractivity contribution >= 4 is 17.0 Å². The lowest BCUT2D eigenvalue weighted by Crippen LogP contribution is -2.33. The predicted octanol–water partition coefficient (Wildman–Crippen LogP) is 1.70. The van der Waals surface area contributed by atoms with Crippen molar-refractivity contribution in [1.82, 2.24) is 34.5 Å². The van der Waals surface area contributed by atoms with E-state index in [-0.39, 0.29) is 6.54 Å². The van der Waals surface area contributed by atoms with Gasteiger partial charge in [0.25, 0.3) is 0 Å². The minimum atomic E-state index is -1.17. The number of ether oxygens (including phenoxy) is 2. The summed E-state index contributed by atoms with van der Waals surface area (Å²) in [7, 11) is 1.63. The molecule has 0 spiro atoms. The van der Waals surface area contributed by atoms with Crippen LogP contribution in [0.15, 0.2) is 43.1 Å². The van der Waals surface area contributed by atoms with E-state index in [9.17, 15) is 10.2 Å². The smallest absolute Gasteiger partial charge is 0.167 e. The summed E-state index contributed by atoms with van der Waals surface area (Å²) in [6.07, 6.45) is 3.99. The van der Waals surface area contributed by atoms with E-state index in [4.69, 9.17) is 9.47 Å². The summed E-state index contributed by atoms with van der Waals surface area (Å²) < 4.78 is 14.5. The second-order valence-electron chi connectivity index (χ2n) is 8.83. The first-order chi connectivity index (χ1) is 17.6. The summed E-state index contributed by atoms with van der Waals surface area (Å²) in [4.78, 5) is 13.1. The van der Waals surface area contributed by atoms with E-state index in [1.54, 1.807) is 22.7 Å². The molecular formula is C24H30N8O4. The van der Waals surface area contributed by atoms with Gasteiger partial charge in [-0.25, -0.2) is 19.6 Å². The fraction of sp³-hybridized carbons (Fsp3) is 0.458. The summed E-state index contributed by atoms with van der Waals surface area (Å²) in [5, 5.41) is 33.1. The number of benzene rings is 1. The Bertz CT molecular complexity index is 1290. The maximum atomic E-state index is 10.8. The van der Waals surface area contributed by atoms with Crippen LogP contribution in [0.3, 0.4) is 0 Å². The van der Waals surface area contributed by atoms with Crippen LogP contribution in [0, 0.1) is 0 Å². The zero-order valence-electron chi connectivity index (χ0n) is 20.2. The quantitative estimate of drug-likeness (QED) is 0.298. The monoisotopic (exact) mass is 494 g/mol. The molecule has 0 bridgehead atoms. The van der Waals surface area contributed by atoms with Crippen molar-refractivity contribution in [2.75, 3.05) is 12.4 Å². The normalized spacial score (nSPS) is 21.8. The Kier molecular flexibility index (Phi) is 7.07. The van der Waals surface area contributed by atoms with Crippen molar-refractivity contribution in [3.8, 4) is 5.75 Å². The van der Waals surface area contributed by atoms with Gasteiger partial charge in [-0.3, -0.25) is 4.57 Å². The van der Waals surface area contributed by atoms with Gasteiger partial charge in [-0.1, -0.05) is 30.7 Å². The van der Waals surface area contributed by atoms with E-state index in [2.05, 4.69) is 37.5 Å². The van der Waals surface area contributed by atoms with Crippen LogP contribution in [0.2, 0.25) is 0 Å². The lowest BCUT2D eigenvalue weighted by molar-refractivity contribution is -0.0403. The average molecular weight is 495 g/mol. The Balaban J connectivity index is 1.30. The lowest BCUT2D eigenvalue weighted by Gasteiger charge is -2.16. The van der Waals surface area contributed by atoms with E-state index < -0.39 is 24.5 Å². The summed E-state index contributed by atoms with van der Waals surface area (Å²) >= 11 is 0. The van der Waals surface area contributed by atoms with Gasteiger partial charge in [0, 0.05) is 12.7 Å². The predicted molar refractivity (Wildman–Crippen MR) is 130 cm³/mol. The number of methoxy groups -OCH3 is 1. The summed E-state index contributed by atoms with van der Waals surface area (Å²) in [6, 6.07) is 7.73. The number of imidazole rings is 1. The number of hydrogen-bond acceptors (Lipinski definition) is 10. The fourth-order valence-corrected chi connectivity index (χ4v) is 4.29. The number of aliphatic hydroxyl groups excluding tert-OH is 2. The van der Waals surface area contributed by atoms with Crippen LogP contribution in [0.5, 0.6) is 5.75 Å². The number of rotatable bonds is 10. The van der Waals surface area contributed by atoms with Crippen LogP contribution in [-0.4, -0.2) is 70.1 Å². The number of hydrogen-bond donors (Lipinski definition) is 3. The maximum Gasteiger partial charge on any atom is 0.167 e. The molecule has 3 N–H and O–H groups in total. The van der Waals surface area contributed by atoms with E-state index in [0.717, 1.165) is 36.3 Å². The zero-order valence-corrected chi connectivity index (χ0v) is 20.2. The highest BCUT2D eigenvalue weighted by atomic mass is 16.6. The Morgan fingerprint density at radius 1 is 1.11 bits per heavy atom. The molecule has 1 aromatic carbocycles. The molecule has 36 heavy (non-hydrogen) atoms. The molecule has 1 saturated heterocycles. The standard InChI is InChI=1S/C24H30N8O4/c1-3-4-5-16-11-31(30-29-16)12-18-20(33)21(34)24(36-18)32-14-28-19-22(26-13-27-23(19)32)25-10-15-6-8-17(35-2)9-7-15/h6-9,11,13-14,18,20-21,24,33-34H,3-5,10,12H2,1-2H3,(H,25,26,27)/t18-,20-,21-,24-/m1/s1. The van der Waals surface area contributed by atoms with Gasteiger partial charge in [-0.15, -0.1) is 5.10 Å². The molecule has 1 aliphatic rings. The number of aryl methyl sites for hydroxylation is 1. The Morgan fingerprint density at radius 2 is 1.94 bits per heavy atom. The van der Waals surface area contributed by atoms with Gasteiger partial charge in [-0.05, 0) is 30.5 Å². The number of nitrogens with one attached hydrogen (secondary N) is 1. The average Bonchev–Trinajstić information content (AvgIpc) is 3.61. The van der Waals surface area contributed by atoms with Crippen molar-refractivity contribution in [3.05, 3.63) is 54.4 Å². The number of anilines is 1. The topological polar surface area (TPSA) is 145 Å². The minimum Gasteiger partial charge on any atom is -0.497 e. The fourth-order valence-electron chi connectivity index (χ4n) is 4.29. The molecule has 1 aliphatic heterocycles. The largest absolute Gasteiger partial charge is 0.497 e. The van der Waals surface area contributed by atoms with Crippen molar-refractivity contribution in [2.45, 2.75) is 63.8 Å². The van der Waals surface area contributed by atoms with Crippen LogP contribution in [0.4, 0.5) is 5.82 Å². The molecule has 5 rings (SSSR count). The number of aromatic nitrogens is 7. The van der Waals surface area contributed by atoms with Gasteiger partial charge >= 0.3 is 0 Å². The Labute approximate surface area is 207 Å². The molecule has 4 heterocycles. The third-order valence-corrected chi connectivity index (χ3v) is 6.33. The first-order valence-corrected chi connectivity index (χ1v) is 12.0. The second kappa shape index (κ2) is 10.6. The first kappa shape index (κ1) is 24.1. The number of aliphatic hydroxyl groups is 2. The number of unbranched alkanes of at least 4 members (excludes halogenated alkanes) is 1. The van der Waals surface area contributed by atoms with Crippen molar-refractivity contribution in [2.24, 2.45) is 0 Å². The molecule has 0 aliphatic carbocycles. The van der Waals surface area contributed by atoms with Gasteiger partial charge in [0.15, 0.2) is 23.2 Å². The first-order valence-electron chi connectivity index (χ1n) is 12.0. The molecular weight excluding hydrogens is 464 g/mol. The van der Waals surface area contributed by atoms with Crippen molar-refractivity contribution in [3.63, 3.8) is 0 Å². The molecule has 0 amide bonds. The van der Waals surface area contributed by atoms with Gasteiger partial charge in [-0.2, -0.15) is 0 Å². The van der Waals surface area contributed by atoms with Crippen LogP contribution in [0.1, 0.15) is 37.3 Å². The van der Waals surface area contributed by atoms with Crippen LogP contribution in [0.25, 0.3) is 11.2 Å². The van der Waals surface area contributed by atoms with Gasteiger partial charge in [0.2, 0.25) is 0 Å². The highest BCUT2D eigenvalue weighted by Crippen LogP contribution is 2.33. The Hall–Kier alpha value is -3.61. The highest BCUT2D eigenvalue weighted by molar-refractivity contribution is 5.82. The molecule has 4 aromatic rings. The Morgan fingerprint density at radius 3 is 2.72 bits per heavy atom. The maximum absolute atomic E-state index is 10.8. The van der Waals surface area contributed by atoms with Crippen molar-refractivity contribution in [1.29, 1.82) is 0 Å². The van der Waals surface area contributed by atoms with E-state index >= 15 is 0 Å². The summed E-state index contributed by atoms with van der Waals surface area (Å²) in [5.41, 5.74) is 2.97. The lowest BCUT2D eigenvalue weighted by atomic mass is 10.1. The third-order valence-electron chi connectivity index (χ3n) is 6.33. The van der Waals surface area contributed by atoms with Crippen molar-refractivity contribution < 1.29 is 19.7 Å². The molecule has 12 heteroatoms. The van der Waals surface area contributed by atoms with E-state index in [1.165, 1.54) is 6.33 Å². The van der Waals surface area contributed by atoms with Gasteiger partial charge < -0.3 is 25.0 Å². The minimum absolute atomic E-state index is 0.268. The molecule has 0 unspecified atom stereocenters. The number of fused-ring (bicyclic) bond motifs is 1. The molecule has 4 atom stereocenters. The molecule has 12 nitrogen and oxygen atoms in total. The summed E-state index contributed by atoms with van der Waals surface area (Å²) in [6.45, 7) is 2.92.